The van der Waals surface area contributed by atoms with E-state index in [9.17, 15) is 4.57 Å². The molecule has 0 spiro atoms. The van der Waals surface area contributed by atoms with Crippen LogP contribution in [0.4, 0.5) is 0 Å². The molecule has 0 aromatic heterocycles. The minimum atomic E-state index is -3.23. The second kappa shape index (κ2) is 6.64. The predicted molar refractivity (Wildman–Crippen MR) is 88.1 cm³/mol. The van der Waals surface area contributed by atoms with Crippen molar-refractivity contribution in [2.75, 3.05) is 6.61 Å². The Morgan fingerprint density at radius 1 is 1.38 bits per heavy atom. The van der Waals surface area contributed by atoms with Crippen LogP contribution in [0.15, 0.2) is 52.8 Å². The first-order valence-corrected chi connectivity index (χ1v) is 10.2. The quantitative estimate of drug-likeness (QED) is 0.563. The summed E-state index contributed by atoms with van der Waals surface area (Å²) in [5.74, 6) is 0. The molecule has 5 heteroatoms. The van der Waals surface area contributed by atoms with E-state index in [1.165, 1.54) is 4.46 Å². The fourth-order valence-corrected chi connectivity index (χ4v) is 7.45. The molecule has 1 aromatic rings. The van der Waals surface area contributed by atoms with Crippen molar-refractivity contribution in [2.45, 2.75) is 32.8 Å². The molecular formula is C16H21O3PSe. The van der Waals surface area contributed by atoms with Gasteiger partial charge in [-0.25, -0.2) is 0 Å². The fraction of sp³-hybridized carbons (Fsp3) is 0.375. The van der Waals surface area contributed by atoms with Gasteiger partial charge in [-0.15, -0.1) is 0 Å². The van der Waals surface area contributed by atoms with Crippen molar-refractivity contribution in [2.24, 2.45) is 0 Å². The maximum atomic E-state index is 13.0. The molecule has 21 heavy (non-hydrogen) atoms. The molecule has 1 atom stereocenters. The van der Waals surface area contributed by atoms with E-state index in [0.29, 0.717) is 11.9 Å². The molecule has 0 N–H and O–H groups in total. The van der Waals surface area contributed by atoms with E-state index in [2.05, 4.69) is 18.7 Å². The summed E-state index contributed by atoms with van der Waals surface area (Å²) in [5.41, 5.74) is -0.581. The fourth-order valence-electron chi connectivity index (χ4n) is 2.12. The summed E-state index contributed by atoms with van der Waals surface area (Å²) in [5, 5.41) is 0.657. The average Bonchev–Trinajstić information content (AvgIpc) is 2.64. The van der Waals surface area contributed by atoms with Crippen LogP contribution < -0.4 is 4.46 Å². The Morgan fingerprint density at radius 3 is 2.62 bits per heavy atom. The zero-order chi connectivity index (χ0) is 15.5. The molecule has 0 radical (unpaired) electrons. The molecule has 1 unspecified atom stereocenters. The number of benzene rings is 1. The normalized spacial score (nSPS) is 24.3. The van der Waals surface area contributed by atoms with Crippen molar-refractivity contribution in [3.05, 3.63) is 52.8 Å². The van der Waals surface area contributed by atoms with Crippen molar-refractivity contribution in [1.82, 2.24) is 0 Å². The van der Waals surface area contributed by atoms with E-state index in [1.54, 1.807) is 6.08 Å². The summed E-state index contributed by atoms with van der Waals surface area (Å²) < 4.78 is 26.7. The van der Waals surface area contributed by atoms with Gasteiger partial charge in [0.2, 0.25) is 0 Å². The molecule has 0 amide bonds. The van der Waals surface area contributed by atoms with Crippen molar-refractivity contribution in [3.63, 3.8) is 0 Å². The molecule has 0 bridgehead atoms. The molecular weight excluding hydrogens is 350 g/mol. The van der Waals surface area contributed by atoms with E-state index in [0.717, 1.165) is 10.9 Å². The third-order valence-corrected chi connectivity index (χ3v) is 8.59. The Hall–Kier alpha value is -0.631. The zero-order valence-corrected chi connectivity index (χ0v) is 15.3. The van der Waals surface area contributed by atoms with Crippen LogP contribution >= 0.6 is 7.60 Å². The van der Waals surface area contributed by atoms with Crippen LogP contribution in [0.5, 0.6) is 0 Å². The molecule has 114 valence electrons. The van der Waals surface area contributed by atoms with E-state index < -0.39 is 13.2 Å². The molecule has 0 aliphatic carbocycles. The Kier molecular flexibility index (Phi) is 5.29. The van der Waals surface area contributed by atoms with E-state index in [4.69, 9.17) is 9.05 Å². The van der Waals surface area contributed by atoms with Crippen LogP contribution in [0.1, 0.15) is 27.2 Å². The number of hydrogen-bond donors (Lipinski definition) is 0. The van der Waals surface area contributed by atoms with Gasteiger partial charge in [0.15, 0.2) is 0 Å². The summed E-state index contributed by atoms with van der Waals surface area (Å²) in [4.78, 5) is 0. The summed E-state index contributed by atoms with van der Waals surface area (Å²) in [6.07, 6.45) is 2.45. The zero-order valence-electron chi connectivity index (χ0n) is 12.7. The molecule has 1 aliphatic rings. The SMILES string of the molecule is C=CC1=C([Se]c2ccccc2)C(C)(C)OP1(=O)OCCC. The first kappa shape index (κ1) is 16.7. The second-order valence-corrected chi connectivity index (χ2v) is 9.46. The van der Waals surface area contributed by atoms with Crippen molar-refractivity contribution in [3.8, 4) is 0 Å². The standard InChI is InChI=1S/C16H21O3PSe/c1-5-12-18-20(17)14(6-2)15(16(3,4)19-20)21-13-10-8-7-9-11-13/h6-11H,2,5,12H2,1,3-4H3. The van der Waals surface area contributed by atoms with Crippen LogP contribution in [0.3, 0.4) is 0 Å². The average molecular weight is 371 g/mol. The maximum absolute atomic E-state index is 13.0. The molecule has 1 aliphatic heterocycles. The molecule has 2 rings (SSSR count). The van der Waals surface area contributed by atoms with Gasteiger partial charge in [0, 0.05) is 0 Å². The van der Waals surface area contributed by atoms with E-state index >= 15 is 0 Å². The summed E-state index contributed by atoms with van der Waals surface area (Å²) in [6, 6.07) is 10.2. The van der Waals surface area contributed by atoms with Crippen LogP contribution in [0.25, 0.3) is 0 Å². The number of rotatable bonds is 6. The molecule has 1 aromatic carbocycles. The van der Waals surface area contributed by atoms with Gasteiger partial charge >= 0.3 is 133 Å². The monoisotopic (exact) mass is 372 g/mol. The second-order valence-electron chi connectivity index (χ2n) is 5.27. The third kappa shape index (κ3) is 3.59. The van der Waals surface area contributed by atoms with Crippen molar-refractivity contribution < 1.29 is 13.6 Å². The number of hydrogen-bond acceptors (Lipinski definition) is 3. The van der Waals surface area contributed by atoms with Gasteiger partial charge in [0.1, 0.15) is 0 Å². The Balaban J connectivity index is 2.40. The molecule has 0 fully saturated rings. The van der Waals surface area contributed by atoms with Crippen molar-refractivity contribution in [1.29, 1.82) is 0 Å². The Labute approximate surface area is 133 Å². The summed E-state index contributed by atoms with van der Waals surface area (Å²) in [7, 11) is -3.23. The molecule has 0 saturated heterocycles. The van der Waals surface area contributed by atoms with Crippen LogP contribution in [0.2, 0.25) is 0 Å². The minimum absolute atomic E-state index is 0.0377. The van der Waals surface area contributed by atoms with Gasteiger partial charge in [-0.2, -0.15) is 0 Å². The van der Waals surface area contributed by atoms with Gasteiger partial charge < -0.3 is 0 Å². The Morgan fingerprint density at radius 2 is 2.05 bits per heavy atom. The van der Waals surface area contributed by atoms with Gasteiger partial charge in [-0.3, -0.25) is 0 Å². The first-order valence-electron chi connectivity index (χ1n) is 6.99. The summed E-state index contributed by atoms with van der Waals surface area (Å²) >= 11 is 0.0377. The van der Waals surface area contributed by atoms with Crippen LogP contribution in [-0.2, 0) is 13.6 Å². The molecule has 3 nitrogen and oxygen atoms in total. The van der Waals surface area contributed by atoms with Gasteiger partial charge in [0.25, 0.3) is 0 Å². The van der Waals surface area contributed by atoms with Gasteiger partial charge in [0.05, 0.1) is 0 Å². The Bertz CT molecular complexity index is 593. The van der Waals surface area contributed by atoms with E-state index in [-0.39, 0.29) is 15.0 Å². The van der Waals surface area contributed by atoms with Crippen molar-refractivity contribution >= 4 is 27.0 Å². The topological polar surface area (TPSA) is 35.5 Å². The summed E-state index contributed by atoms with van der Waals surface area (Å²) in [6.45, 7) is 10.1. The van der Waals surface area contributed by atoms with Gasteiger partial charge in [-0.1, -0.05) is 0 Å². The predicted octanol–water partition coefficient (Wildman–Crippen LogP) is 3.84. The van der Waals surface area contributed by atoms with E-state index in [1.807, 2.05) is 39.0 Å². The van der Waals surface area contributed by atoms with Crippen LogP contribution in [-0.4, -0.2) is 27.2 Å². The van der Waals surface area contributed by atoms with Gasteiger partial charge in [-0.05, 0) is 0 Å². The van der Waals surface area contributed by atoms with Crippen LogP contribution in [0, 0.1) is 0 Å². The third-order valence-electron chi connectivity index (χ3n) is 3.04. The molecule has 1 heterocycles. The first-order chi connectivity index (χ1) is 9.93. The molecule has 0 saturated carbocycles. The number of allylic oxidation sites excluding steroid dienone is 2.